The first-order chi connectivity index (χ1) is 6.57. The van der Waals surface area contributed by atoms with Crippen molar-refractivity contribution in [3.8, 4) is 5.75 Å². The first kappa shape index (κ1) is 11.4. The van der Waals surface area contributed by atoms with Crippen molar-refractivity contribution >= 4 is 28.4 Å². The highest BCUT2D eigenvalue weighted by atomic mass is 127. The van der Waals surface area contributed by atoms with Gasteiger partial charge < -0.3 is 4.74 Å². The summed E-state index contributed by atoms with van der Waals surface area (Å²) in [4.78, 5) is 11.2. The third-order valence-electron chi connectivity index (χ3n) is 1.72. The maximum Gasteiger partial charge on any atom is 0.179 e. The van der Waals surface area contributed by atoms with Gasteiger partial charge >= 0.3 is 0 Å². The van der Waals surface area contributed by atoms with Crippen LogP contribution in [-0.2, 0) is 0 Å². The molecule has 0 heterocycles. The van der Waals surface area contributed by atoms with Crippen LogP contribution in [0.25, 0.3) is 0 Å². The molecule has 76 valence electrons. The van der Waals surface area contributed by atoms with Crippen molar-refractivity contribution in [2.24, 2.45) is 0 Å². The van der Waals surface area contributed by atoms with Gasteiger partial charge in [0, 0.05) is 0 Å². The monoisotopic (exact) mass is 308 g/mol. The second-order valence-electron chi connectivity index (χ2n) is 2.73. The number of benzene rings is 1. The average Bonchev–Trinajstić information content (AvgIpc) is 2.13. The van der Waals surface area contributed by atoms with Crippen molar-refractivity contribution in [3.05, 3.63) is 27.1 Å². The maximum absolute atomic E-state index is 13.5. The van der Waals surface area contributed by atoms with Crippen molar-refractivity contribution in [3.63, 3.8) is 0 Å². The van der Waals surface area contributed by atoms with E-state index >= 15 is 0 Å². The Morgan fingerprint density at radius 1 is 1.57 bits per heavy atom. The van der Waals surface area contributed by atoms with Crippen LogP contribution < -0.4 is 4.74 Å². The molecule has 0 N–H and O–H groups in total. The SMILES string of the molecule is CCOc1c(C(C)=O)ccc(I)c1F. The van der Waals surface area contributed by atoms with Gasteiger partial charge in [-0.2, -0.15) is 0 Å². The zero-order valence-corrected chi connectivity index (χ0v) is 10.1. The van der Waals surface area contributed by atoms with E-state index in [9.17, 15) is 9.18 Å². The van der Waals surface area contributed by atoms with E-state index in [1.807, 2.05) is 22.6 Å². The first-order valence-corrected chi connectivity index (χ1v) is 5.27. The molecule has 0 aliphatic rings. The molecule has 0 spiro atoms. The minimum Gasteiger partial charge on any atom is -0.490 e. The molecule has 2 nitrogen and oxygen atoms in total. The Balaban J connectivity index is 3.29. The Labute approximate surface area is 95.6 Å². The number of rotatable bonds is 3. The summed E-state index contributed by atoms with van der Waals surface area (Å²) in [5, 5.41) is 0. The van der Waals surface area contributed by atoms with Crippen LogP contribution in [-0.4, -0.2) is 12.4 Å². The molecule has 0 fully saturated rings. The lowest BCUT2D eigenvalue weighted by molar-refractivity contribution is 0.101. The largest absolute Gasteiger partial charge is 0.490 e. The Morgan fingerprint density at radius 3 is 2.71 bits per heavy atom. The minimum absolute atomic E-state index is 0.0619. The molecule has 0 unspecified atom stereocenters. The normalized spacial score (nSPS) is 10.0. The molecule has 0 radical (unpaired) electrons. The summed E-state index contributed by atoms with van der Waals surface area (Å²) in [7, 11) is 0. The number of hydrogen-bond acceptors (Lipinski definition) is 2. The Kier molecular flexibility index (Phi) is 3.86. The summed E-state index contributed by atoms with van der Waals surface area (Å²) in [6.45, 7) is 3.49. The van der Waals surface area contributed by atoms with Crippen LogP contribution in [0.4, 0.5) is 4.39 Å². The molecule has 0 aliphatic carbocycles. The van der Waals surface area contributed by atoms with Crippen LogP contribution in [0.15, 0.2) is 12.1 Å². The second kappa shape index (κ2) is 4.72. The molecular formula is C10H10FIO2. The van der Waals surface area contributed by atoms with Crippen molar-refractivity contribution in [1.29, 1.82) is 0 Å². The summed E-state index contributed by atoms with van der Waals surface area (Å²) < 4.78 is 19.1. The molecule has 0 aliphatic heterocycles. The van der Waals surface area contributed by atoms with Gasteiger partial charge in [0.2, 0.25) is 0 Å². The third-order valence-corrected chi connectivity index (χ3v) is 2.55. The van der Waals surface area contributed by atoms with Crippen molar-refractivity contribution in [2.45, 2.75) is 13.8 Å². The topological polar surface area (TPSA) is 26.3 Å². The van der Waals surface area contributed by atoms with Crippen LogP contribution in [0.3, 0.4) is 0 Å². The molecule has 0 aromatic heterocycles. The van der Waals surface area contributed by atoms with Crippen molar-refractivity contribution < 1.29 is 13.9 Å². The van der Waals surface area contributed by atoms with E-state index in [0.717, 1.165) is 0 Å². The molecule has 0 amide bonds. The number of Topliss-reactive ketones (excluding diaryl/α,β-unsaturated/α-hetero) is 1. The van der Waals surface area contributed by atoms with Gasteiger partial charge in [-0.05, 0) is 48.6 Å². The Morgan fingerprint density at radius 2 is 2.21 bits per heavy atom. The predicted molar refractivity (Wildman–Crippen MR) is 60.3 cm³/mol. The lowest BCUT2D eigenvalue weighted by Crippen LogP contribution is -2.04. The summed E-state index contributed by atoms with van der Waals surface area (Å²) in [6, 6.07) is 3.15. The molecule has 14 heavy (non-hydrogen) atoms. The van der Waals surface area contributed by atoms with Gasteiger partial charge in [-0.3, -0.25) is 4.79 Å². The zero-order chi connectivity index (χ0) is 10.7. The molecule has 1 aromatic rings. The fraction of sp³-hybridized carbons (Fsp3) is 0.300. The molecular weight excluding hydrogens is 298 g/mol. The average molecular weight is 308 g/mol. The number of ether oxygens (including phenoxy) is 1. The maximum atomic E-state index is 13.5. The second-order valence-corrected chi connectivity index (χ2v) is 3.89. The van der Waals surface area contributed by atoms with Crippen LogP contribution in [0, 0.1) is 9.39 Å². The molecule has 1 rings (SSSR count). The molecule has 0 atom stereocenters. The summed E-state index contributed by atoms with van der Waals surface area (Å²) in [5.41, 5.74) is 0.296. The lowest BCUT2D eigenvalue weighted by atomic mass is 10.1. The highest BCUT2D eigenvalue weighted by Crippen LogP contribution is 2.27. The molecule has 1 aromatic carbocycles. The minimum atomic E-state index is -0.458. The van der Waals surface area contributed by atoms with Gasteiger partial charge in [0.15, 0.2) is 17.3 Å². The van der Waals surface area contributed by atoms with E-state index in [-0.39, 0.29) is 11.5 Å². The van der Waals surface area contributed by atoms with Crippen LogP contribution >= 0.6 is 22.6 Å². The number of carbonyl (C=O) groups excluding carboxylic acids is 1. The number of halogens is 2. The van der Waals surface area contributed by atoms with Crippen LogP contribution in [0.1, 0.15) is 24.2 Å². The quantitative estimate of drug-likeness (QED) is 0.634. The van der Waals surface area contributed by atoms with Gasteiger partial charge in [-0.1, -0.05) is 0 Å². The Bertz CT molecular complexity index is 363. The fourth-order valence-electron chi connectivity index (χ4n) is 1.09. The highest BCUT2D eigenvalue weighted by molar-refractivity contribution is 14.1. The summed E-state index contributed by atoms with van der Waals surface area (Å²) in [6.07, 6.45) is 0. The van der Waals surface area contributed by atoms with Crippen LogP contribution in [0.5, 0.6) is 5.75 Å². The third kappa shape index (κ3) is 2.23. The highest BCUT2D eigenvalue weighted by Gasteiger charge is 2.15. The van der Waals surface area contributed by atoms with Gasteiger partial charge in [-0.25, -0.2) is 4.39 Å². The van der Waals surface area contributed by atoms with E-state index in [0.29, 0.717) is 15.7 Å². The number of hydrogen-bond donors (Lipinski definition) is 0. The van der Waals surface area contributed by atoms with Gasteiger partial charge in [-0.15, -0.1) is 0 Å². The van der Waals surface area contributed by atoms with E-state index in [1.54, 1.807) is 19.1 Å². The van der Waals surface area contributed by atoms with Gasteiger partial charge in [0.1, 0.15) is 0 Å². The molecule has 0 bridgehead atoms. The predicted octanol–water partition coefficient (Wildman–Crippen LogP) is 3.03. The van der Waals surface area contributed by atoms with Gasteiger partial charge in [0.05, 0.1) is 15.7 Å². The molecule has 0 saturated carbocycles. The van der Waals surface area contributed by atoms with E-state index < -0.39 is 5.82 Å². The number of carbonyl (C=O) groups is 1. The zero-order valence-electron chi connectivity index (χ0n) is 7.93. The summed E-state index contributed by atoms with van der Waals surface area (Å²) >= 11 is 1.86. The lowest BCUT2D eigenvalue weighted by Gasteiger charge is -2.09. The number of ketones is 1. The summed E-state index contributed by atoms with van der Waals surface area (Å²) in [5.74, 6) is -0.587. The van der Waals surface area contributed by atoms with Crippen molar-refractivity contribution in [1.82, 2.24) is 0 Å². The van der Waals surface area contributed by atoms with Crippen molar-refractivity contribution in [2.75, 3.05) is 6.61 Å². The molecule has 4 heteroatoms. The van der Waals surface area contributed by atoms with E-state index in [4.69, 9.17) is 4.74 Å². The smallest absolute Gasteiger partial charge is 0.179 e. The Hall–Kier alpha value is -0.650. The standard InChI is InChI=1S/C10H10FIO2/c1-3-14-10-7(6(2)13)4-5-8(12)9(10)11/h4-5H,3H2,1-2H3. The van der Waals surface area contributed by atoms with E-state index in [1.165, 1.54) is 6.92 Å². The first-order valence-electron chi connectivity index (χ1n) is 4.19. The van der Waals surface area contributed by atoms with E-state index in [2.05, 4.69) is 0 Å². The van der Waals surface area contributed by atoms with Gasteiger partial charge in [0.25, 0.3) is 0 Å². The van der Waals surface area contributed by atoms with Crippen LogP contribution in [0.2, 0.25) is 0 Å². The molecule has 0 saturated heterocycles. The fourth-order valence-corrected chi connectivity index (χ4v) is 1.52.